The summed E-state index contributed by atoms with van der Waals surface area (Å²) in [7, 11) is 0. The van der Waals surface area contributed by atoms with E-state index in [9.17, 15) is 20.2 Å². The van der Waals surface area contributed by atoms with Gasteiger partial charge in [0.25, 0.3) is 11.4 Å². The molecule has 0 aliphatic heterocycles. The van der Waals surface area contributed by atoms with Crippen LogP contribution in [0.15, 0.2) is 48.5 Å². The number of ether oxygens (including phenoxy) is 7. The number of aliphatic hydroxyl groups excluding tert-OH is 3. The lowest BCUT2D eigenvalue weighted by Crippen LogP contribution is -2.12. The smallest absolute Gasteiger partial charge is 0.269 e. The van der Waals surface area contributed by atoms with Gasteiger partial charge in [-0.1, -0.05) is 28.1 Å². The van der Waals surface area contributed by atoms with Crippen molar-refractivity contribution in [2.24, 2.45) is 0 Å². The molecule has 17 heteroatoms. The molecule has 2 aromatic carbocycles. The predicted molar refractivity (Wildman–Crippen MR) is 175 cm³/mol. The van der Waals surface area contributed by atoms with E-state index in [1.165, 1.54) is 24.3 Å². The maximum atomic E-state index is 10.5. The van der Waals surface area contributed by atoms with Crippen molar-refractivity contribution in [1.29, 1.82) is 0 Å². The Morgan fingerprint density at radius 3 is 1.02 bits per heavy atom. The first-order chi connectivity index (χ1) is 22.9. The molecule has 3 N–H and O–H groups in total. The van der Waals surface area contributed by atoms with Crippen molar-refractivity contribution in [2.45, 2.75) is 11.9 Å². The lowest BCUT2D eigenvalue weighted by molar-refractivity contribution is -0.385. The van der Waals surface area contributed by atoms with Gasteiger partial charge in [-0.3, -0.25) is 20.2 Å². The Kier molecular flexibility index (Phi) is 31.3. The fourth-order valence-corrected chi connectivity index (χ4v) is 3.38. The Hall–Kier alpha value is -2.68. The van der Waals surface area contributed by atoms with E-state index in [0.29, 0.717) is 92.5 Å². The Morgan fingerprint density at radius 1 is 0.468 bits per heavy atom. The molecule has 0 saturated heterocycles. The van der Waals surface area contributed by atoms with Crippen molar-refractivity contribution >= 4 is 27.3 Å². The molecule has 0 aromatic heterocycles. The molecule has 0 radical (unpaired) electrons. The highest BCUT2D eigenvalue weighted by molar-refractivity contribution is 9.08. The number of aliphatic hydroxyl groups is 3. The number of halogens is 1. The third-order valence-electron chi connectivity index (χ3n) is 5.28. The van der Waals surface area contributed by atoms with E-state index >= 15 is 0 Å². The summed E-state index contributed by atoms with van der Waals surface area (Å²) in [6, 6.07) is 12.7. The molecule has 0 bridgehead atoms. The average Bonchev–Trinajstić information content (AvgIpc) is 3.09. The molecular formula is C30H47BrN2O14. The van der Waals surface area contributed by atoms with Gasteiger partial charge in [-0.25, -0.2) is 0 Å². The molecule has 2 aromatic rings. The second-order valence-corrected chi connectivity index (χ2v) is 9.44. The van der Waals surface area contributed by atoms with Crippen LogP contribution in [0.1, 0.15) is 11.1 Å². The summed E-state index contributed by atoms with van der Waals surface area (Å²) in [5.41, 5.74) is 2.12. The molecule has 0 fully saturated rings. The molecule has 47 heavy (non-hydrogen) atoms. The number of rotatable bonds is 26. The van der Waals surface area contributed by atoms with E-state index in [0.717, 1.165) is 16.5 Å². The van der Waals surface area contributed by atoms with E-state index in [1.54, 1.807) is 24.3 Å². The highest BCUT2D eigenvalue weighted by Crippen LogP contribution is 2.14. The molecule has 0 saturated carbocycles. The zero-order chi connectivity index (χ0) is 34.8. The predicted octanol–water partition coefficient (Wildman–Crippen LogP) is 2.66. The minimum absolute atomic E-state index is 0.0169. The number of benzene rings is 2. The van der Waals surface area contributed by atoms with Gasteiger partial charge in [0.15, 0.2) is 0 Å². The third-order valence-corrected chi connectivity index (χ3v) is 5.93. The Bertz CT molecular complexity index is 993. The highest BCUT2D eigenvalue weighted by Gasteiger charge is 2.04. The quantitative estimate of drug-likeness (QED) is 0.0548. The van der Waals surface area contributed by atoms with Gasteiger partial charge < -0.3 is 48.5 Å². The van der Waals surface area contributed by atoms with E-state index in [4.69, 9.17) is 48.5 Å². The van der Waals surface area contributed by atoms with Gasteiger partial charge in [-0.05, 0) is 23.3 Å². The number of alkyl halides is 1. The van der Waals surface area contributed by atoms with Crippen LogP contribution in [-0.4, -0.2) is 131 Å². The topological polar surface area (TPSA) is 212 Å². The molecule has 0 atom stereocenters. The van der Waals surface area contributed by atoms with Crippen molar-refractivity contribution in [3.63, 3.8) is 0 Å². The van der Waals surface area contributed by atoms with Crippen LogP contribution in [0.5, 0.6) is 0 Å². The summed E-state index contributed by atoms with van der Waals surface area (Å²) >= 11 is 3.25. The summed E-state index contributed by atoms with van der Waals surface area (Å²) < 4.78 is 36.1. The monoisotopic (exact) mass is 738 g/mol. The molecular weight excluding hydrogens is 692 g/mol. The summed E-state index contributed by atoms with van der Waals surface area (Å²) in [5.74, 6) is 0. The van der Waals surface area contributed by atoms with Crippen molar-refractivity contribution in [3.8, 4) is 0 Å². The minimum Gasteiger partial charge on any atom is -0.394 e. The van der Waals surface area contributed by atoms with Crippen molar-refractivity contribution < 1.29 is 58.3 Å². The molecule has 0 heterocycles. The summed E-state index contributed by atoms with van der Waals surface area (Å²) in [5, 5.41) is 46.6. The molecule has 0 unspecified atom stereocenters. The highest BCUT2D eigenvalue weighted by atomic mass is 79.9. The molecule has 16 nitrogen and oxygen atoms in total. The van der Waals surface area contributed by atoms with Gasteiger partial charge in [-0.2, -0.15) is 0 Å². The lowest BCUT2D eigenvalue weighted by atomic mass is 10.2. The van der Waals surface area contributed by atoms with Gasteiger partial charge in [0.1, 0.15) is 0 Å². The van der Waals surface area contributed by atoms with E-state index in [2.05, 4.69) is 15.9 Å². The first kappa shape index (κ1) is 44.3. The second kappa shape index (κ2) is 33.2. The van der Waals surface area contributed by atoms with E-state index in [1.807, 2.05) is 0 Å². The normalized spacial score (nSPS) is 10.5. The number of nitro benzene ring substituents is 2. The van der Waals surface area contributed by atoms with Crippen LogP contribution >= 0.6 is 15.9 Å². The average molecular weight is 740 g/mol. The Labute approximate surface area is 282 Å². The molecule has 268 valence electrons. The van der Waals surface area contributed by atoms with Gasteiger partial charge in [0, 0.05) is 29.6 Å². The van der Waals surface area contributed by atoms with Crippen LogP contribution in [-0.2, 0) is 45.1 Å². The van der Waals surface area contributed by atoms with E-state index < -0.39 is 9.85 Å². The van der Waals surface area contributed by atoms with Crippen molar-refractivity contribution in [3.05, 3.63) is 79.9 Å². The molecule has 0 amide bonds. The van der Waals surface area contributed by atoms with Crippen molar-refractivity contribution in [1.82, 2.24) is 0 Å². The molecule has 0 aliphatic rings. The minimum atomic E-state index is -0.431. The zero-order valence-corrected chi connectivity index (χ0v) is 28.0. The molecule has 0 spiro atoms. The summed E-state index contributed by atoms with van der Waals surface area (Å²) in [6.45, 7) is 6.27. The number of hydrogen-bond donors (Lipinski definition) is 3. The SMILES string of the molecule is O=[N+]([O-])c1ccc(CBr)cc1.O=[N+]([O-])c1ccc(COCCOCCOCCOCCO)cc1.OCCOCCOCCOCCO. The molecule has 2 rings (SSSR count). The number of nitro groups is 2. The molecule has 0 aliphatic carbocycles. The third kappa shape index (κ3) is 28.1. The summed E-state index contributed by atoms with van der Waals surface area (Å²) in [4.78, 5) is 19.9. The van der Waals surface area contributed by atoms with Gasteiger partial charge in [-0.15, -0.1) is 0 Å². The first-order valence-electron chi connectivity index (χ1n) is 14.8. The summed E-state index contributed by atoms with van der Waals surface area (Å²) in [6.07, 6.45) is 0. The van der Waals surface area contributed by atoms with Crippen LogP contribution in [0, 0.1) is 20.2 Å². The van der Waals surface area contributed by atoms with Crippen LogP contribution in [0.4, 0.5) is 11.4 Å². The Balaban J connectivity index is 0.000000744. The van der Waals surface area contributed by atoms with Crippen LogP contribution < -0.4 is 0 Å². The van der Waals surface area contributed by atoms with Crippen LogP contribution in [0.3, 0.4) is 0 Å². The van der Waals surface area contributed by atoms with Crippen LogP contribution in [0.2, 0.25) is 0 Å². The number of non-ortho nitro benzene ring substituents is 2. The van der Waals surface area contributed by atoms with Crippen molar-refractivity contribution in [2.75, 3.05) is 106 Å². The fourth-order valence-electron chi connectivity index (χ4n) is 3.01. The zero-order valence-electron chi connectivity index (χ0n) is 26.5. The number of nitrogens with zero attached hydrogens (tertiary/aromatic N) is 2. The standard InChI is InChI=1S/C15H23NO7.C8H18O5.C7H6BrNO2/c17-5-6-20-7-8-21-9-10-22-11-12-23-13-14-1-3-15(4-2-14)16(18)19;9-1-3-11-5-7-13-8-6-12-4-2-10;8-5-6-1-3-7(4-2-6)9(10)11/h1-4,17H,5-13H2;9-10H,1-8H2;1-4H,5H2. The van der Waals surface area contributed by atoms with Gasteiger partial charge in [0.05, 0.1) is 122 Å². The number of hydrogen-bond acceptors (Lipinski definition) is 14. The first-order valence-corrected chi connectivity index (χ1v) is 15.9. The van der Waals surface area contributed by atoms with Crippen LogP contribution in [0.25, 0.3) is 0 Å². The lowest BCUT2D eigenvalue weighted by Gasteiger charge is -2.07. The maximum absolute atomic E-state index is 10.5. The van der Waals surface area contributed by atoms with Gasteiger partial charge in [0.2, 0.25) is 0 Å². The largest absolute Gasteiger partial charge is 0.394 e. The second-order valence-electron chi connectivity index (χ2n) is 8.88. The Morgan fingerprint density at radius 2 is 0.745 bits per heavy atom. The van der Waals surface area contributed by atoms with Gasteiger partial charge >= 0.3 is 0 Å². The van der Waals surface area contributed by atoms with E-state index in [-0.39, 0.29) is 31.2 Å². The fraction of sp³-hybridized carbons (Fsp3) is 0.600. The maximum Gasteiger partial charge on any atom is 0.269 e.